The molecule has 0 aliphatic carbocycles. The molecule has 3 heterocycles. The Morgan fingerprint density at radius 1 is 0.923 bits per heavy atom. The molecule has 8 nitrogen and oxygen atoms in total. The number of aromatic nitrogens is 1. The zero-order chi connectivity index (χ0) is 27.4. The summed E-state index contributed by atoms with van der Waals surface area (Å²) in [7, 11) is 0. The molecule has 8 heteroatoms. The number of hydrogen-bond acceptors (Lipinski definition) is 5. The maximum atomic E-state index is 12.9. The van der Waals surface area contributed by atoms with Gasteiger partial charge in [-0.25, -0.2) is 0 Å². The number of nitrogens with one attached hydrogen (secondary N) is 3. The lowest BCUT2D eigenvalue weighted by atomic mass is 9.86. The molecule has 3 aromatic rings. The predicted molar refractivity (Wildman–Crippen MR) is 155 cm³/mol. The van der Waals surface area contributed by atoms with Gasteiger partial charge in [-0.2, -0.15) is 0 Å². The summed E-state index contributed by atoms with van der Waals surface area (Å²) in [5, 5.41) is 6.65. The van der Waals surface area contributed by atoms with Crippen molar-refractivity contribution in [2.45, 2.75) is 45.1 Å². The molecule has 2 fully saturated rings. The summed E-state index contributed by atoms with van der Waals surface area (Å²) in [6.45, 7) is 10.7. The lowest BCUT2D eigenvalue weighted by Crippen LogP contribution is -2.48. The fraction of sp³-hybridized carbons (Fsp3) is 0.419. The van der Waals surface area contributed by atoms with E-state index in [0.29, 0.717) is 37.4 Å². The van der Waals surface area contributed by atoms with Crippen molar-refractivity contribution in [2.24, 2.45) is 0 Å². The summed E-state index contributed by atoms with van der Waals surface area (Å²) >= 11 is 0. The SMILES string of the molecule is CC(C)(C)c1ccc(C(=O)N[C@@H]2CCCN(c3cc(Nc4ccc(C(=O)N5CCOCC5)cc4)c[nH]3)C2)cc1. The van der Waals surface area contributed by atoms with Gasteiger partial charge in [0.2, 0.25) is 0 Å². The molecule has 0 saturated carbocycles. The molecule has 1 atom stereocenters. The van der Waals surface area contributed by atoms with Crippen molar-refractivity contribution in [3.05, 3.63) is 77.5 Å². The highest BCUT2D eigenvalue weighted by Crippen LogP contribution is 2.26. The fourth-order valence-electron chi connectivity index (χ4n) is 5.15. The van der Waals surface area contributed by atoms with E-state index >= 15 is 0 Å². The minimum absolute atomic E-state index is 0.0216. The third-order valence-corrected chi connectivity index (χ3v) is 7.50. The molecular formula is C31H39N5O3. The minimum Gasteiger partial charge on any atom is -0.378 e. The number of rotatable bonds is 6. The molecule has 2 aliphatic rings. The average Bonchev–Trinajstić information content (AvgIpc) is 3.42. The van der Waals surface area contributed by atoms with Crippen LogP contribution in [0.2, 0.25) is 0 Å². The summed E-state index contributed by atoms with van der Waals surface area (Å²) in [5.41, 5.74) is 4.53. The van der Waals surface area contributed by atoms with Crippen molar-refractivity contribution in [3.63, 3.8) is 0 Å². The largest absolute Gasteiger partial charge is 0.378 e. The Morgan fingerprint density at radius 2 is 1.62 bits per heavy atom. The second-order valence-electron chi connectivity index (χ2n) is 11.5. The topological polar surface area (TPSA) is 89.7 Å². The van der Waals surface area contributed by atoms with Gasteiger partial charge < -0.3 is 30.2 Å². The molecule has 2 saturated heterocycles. The highest BCUT2D eigenvalue weighted by atomic mass is 16.5. The van der Waals surface area contributed by atoms with E-state index in [1.165, 1.54) is 5.56 Å². The van der Waals surface area contributed by atoms with Crippen molar-refractivity contribution in [1.82, 2.24) is 15.2 Å². The van der Waals surface area contributed by atoms with Crippen molar-refractivity contribution in [2.75, 3.05) is 49.6 Å². The van der Waals surface area contributed by atoms with E-state index < -0.39 is 0 Å². The van der Waals surface area contributed by atoms with Crippen LogP contribution in [0, 0.1) is 0 Å². The van der Waals surface area contributed by atoms with Crippen LogP contribution >= 0.6 is 0 Å². The number of anilines is 3. The van der Waals surface area contributed by atoms with Crippen LogP contribution in [-0.4, -0.2) is 67.1 Å². The van der Waals surface area contributed by atoms with Gasteiger partial charge in [0.25, 0.3) is 11.8 Å². The number of piperidine rings is 1. The van der Waals surface area contributed by atoms with Crippen LogP contribution in [0.25, 0.3) is 0 Å². The lowest BCUT2D eigenvalue weighted by Gasteiger charge is -2.33. The van der Waals surface area contributed by atoms with Crippen molar-refractivity contribution in [1.29, 1.82) is 0 Å². The molecule has 0 unspecified atom stereocenters. The predicted octanol–water partition coefficient (Wildman–Crippen LogP) is 4.93. The maximum absolute atomic E-state index is 12.9. The van der Waals surface area contributed by atoms with Crippen LogP contribution in [0.15, 0.2) is 60.8 Å². The van der Waals surface area contributed by atoms with Gasteiger partial charge in [0.05, 0.1) is 18.9 Å². The van der Waals surface area contributed by atoms with Crippen molar-refractivity contribution < 1.29 is 14.3 Å². The fourth-order valence-corrected chi connectivity index (χ4v) is 5.15. The zero-order valence-electron chi connectivity index (χ0n) is 23.1. The molecule has 2 amide bonds. The molecule has 39 heavy (non-hydrogen) atoms. The number of nitrogens with zero attached hydrogens (tertiary/aromatic N) is 2. The molecule has 1 aromatic heterocycles. The highest BCUT2D eigenvalue weighted by molar-refractivity contribution is 5.95. The Bertz CT molecular complexity index is 1270. The molecule has 0 spiro atoms. The standard InChI is InChI=1S/C31H39N5O3/c1-31(2,3)24-10-6-22(7-11-24)29(37)34-26-5-4-14-36(21-26)28-19-27(20-32-28)33-25-12-8-23(9-13-25)30(38)35-15-17-39-18-16-35/h6-13,19-20,26,32-33H,4-5,14-18,21H2,1-3H3,(H,34,37)/t26-/m1/s1. The molecule has 3 N–H and O–H groups in total. The summed E-state index contributed by atoms with van der Waals surface area (Å²) in [5.74, 6) is 1.04. The monoisotopic (exact) mass is 529 g/mol. The van der Waals surface area contributed by atoms with E-state index in [2.05, 4.69) is 47.4 Å². The summed E-state index contributed by atoms with van der Waals surface area (Å²) in [6.07, 6.45) is 3.92. The van der Waals surface area contributed by atoms with E-state index in [4.69, 9.17) is 4.74 Å². The highest BCUT2D eigenvalue weighted by Gasteiger charge is 2.24. The summed E-state index contributed by atoms with van der Waals surface area (Å²) in [6, 6.07) is 17.7. The number of morpholine rings is 1. The quantitative estimate of drug-likeness (QED) is 0.422. The van der Waals surface area contributed by atoms with E-state index in [0.717, 1.165) is 43.1 Å². The van der Waals surface area contributed by atoms with Gasteiger partial charge in [-0.1, -0.05) is 32.9 Å². The van der Waals surface area contributed by atoms with Crippen LogP contribution in [0.1, 0.15) is 59.9 Å². The smallest absolute Gasteiger partial charge is 0.254 e. The Balaban J connectivity index is 1.15. The van der Waals surface area contributed by atoms with Gasteiger partial charge in [-0.15, -0.1) is 0 Å². The molecule has 5 rings (SSSR count). The first-order valence-corrected chi connectivity index (χ1v) is 13.9. The van der Waals surface area contributed by atoms with Gasteiger partial charge >= 0.3 is 0 Å². The first-order valence-electron chi connectivity index (χ1n) is 13.9. The van der Waals surface area contributed by atoms with Crippen LogP contribution in [0.3, 0.4) is 0 Å². The third-order valence-electron chi connectivity index (χ3n) is 7.50. The van der Waals surface area contributed by atoms with Gasteiger partial charge in [0, 0.05) is 61.3 Å². The summed E-state index contributed by atoms with van der Waals surface area (Å²) in [4.78, 5) is 33.1. The molecule has 206 valence electrons. The third kappa shape index (κ3) is 6.63. The molecule has 2 aromatic carbocycles. The van der Waals surface area contributed by atoms with Gasteiger partial charge in [-0.05, 0) is 60.2 Å². The number of H-pyrrole nitrogens is 1. The van der Waals surface area contributed by atoms with Crippen LogP contribution in [0.5, 0.6) is 0 Å². The number of carbonyl (C=O) groups excluding carboxylic acids is 2. The Morgan fingerprint density at radius 3 is 2.31 bits per heavy atom. The number of amides is 2. The second kappa shape index (κ2) is 11.5. The van der Waals surface area contributed by atoms with Crippen LogP contribution in [-0.2, 0) is 10.2 Å². The zero-order valence-corrected chi connectivity index (χ0v) is 23.1. The first-order chi connectivity index (χ1) is 18.8. The number of hydrogen-bond donors (Lipinski definition) is 3. The van der Waals surface area contributed by atoms with E-state index in [1.807, 2.05) is 59.6 Å². The van der Waals surface area contributed by atoms with Crippen molar-refractivity contribution in [3.8, 4) is 0 Å². The van der Waals surface area contributed by atoms with Gasteiger partial charge in [-0.3, -0.25) is 9.59 Å². The first kappa shape index (κ1) is 26.8. The molecular weight excluding hydrogens is 490 g/mol. The van der Waals surface area contributed by atoms with Crippen LogP contribution < -0.4 is 15.5 Å². The molecule has 0 bridgehead atoms. The minimum atomic E-state index is -0.0216. The molecule has 0 radical (unpaired) electrons. The number of carbonyl (C=O) groups is 2. The Kier molecular flexibility index (Phi) is 7.93. The van der Waals surface area contributed by atoms with Gasteiger partial charge in [0.15, 0.2) is 0 Å². The summed E-state index contributed by atoms with van der Waals surface area (Å²) < 4.78 is 5.34. The Hall–Kier alpha value is -3.78. The number of ether oxygens (including phenoxy) is 1. The van der Waals surface area contributed by atoms with Crippen LogP contribution in [0.4, 0.5) is 17.2 Å². The van der Waals surface area contributed by atoms with E-state index in [-0.39, 0.29) is 23.3 Å². The van der Waals surface area contributed by atoms with Gasteiger partial charge in [0.1, 0.15) is 5.82 Å². The lowest BCUT2D eigenvalue weighted by molar-refractivity contribution is 0.0303. The second-order valence-corrected chi connectivity index (χ2v) is 11.5. The van der Waals surface area contributed by atoms with Crippen molar-refractivity contribution >= 4 is 29.0 Å². The molecule has 2 aliphatic heterocycles. The van der Waals surface area contributed by atoms with E-state index in [1.54, 1.807) is 0 Å². The maximum Gasteiger partial charge on any atom is 0.254 e. The Labute approximate surface area is 230 Å². The average molecular weight is 530 g/mol. The normalized spacial score (nSPS) is 18.1. The van der Waals surface area contributed by atoms with E-state index in [9.17, 15) is 9.59 Å². The number of benzene rings is 2. The number of aromatic amines is 1.